The van der Waals surface area contributed by atoms with Crippen molar-refractivity contribution in [2.24, 2.45) is 5.73 Å². The van der Waals surface area contributed by atoms with Gasteiger partial charge in [-0.25, -0.2) is 0 Å². The molecule has 17 heavy (non-hydrogen) atoms. The van der Waals surface area contributed by atoms with Gasteiger partial charge in [-0.15, -0.1) is 0 Å². The predicted molar refractivity (Wildman–Crippen MR) is 70.9 cm³/mol. The standard InChI is InChI=1S/C13H28N2O2/c1-17-12-8-4-7-11-15-13(16)9-5-2-3-6-10-14/h2-12,14H2,1H3,(H,15,16). The summed E-state index contributed by atoms with van der Waals surface area (Å²) in [5.41, 5.74) is 5.40. The molecule has 0 aliphatic carbocycles. The van der Waals surface area contributed by atoms with Gasteiger partial charge < -0.3 is 15.8 Å². The van der Waals surface area contributed by atoms with Gasteiger partial charge in [0.15, 0.2) is 0 Å². The third kappa shape index (κ3) is 13.3. The molecule has 0 spiro atoms. The molecule has 0 aliphatic rings. The molecule has 0 heterocycles. The van der Waals surface area contributed by atoms with Gasteiger partial charge >= 0.3 is 0 Å². The Morgan fingerprint density at radius 1 is 1.06 bits per heavy atom. The van der Waals surface area contributed by atoms with E-state index in [0.29, 0.717) is 6.42 Å². The summed E-state index contributed by atoms with van der Waals surface area (Å²) >= 11 is 0. The minimum atomic E-state index is 0.185. The Morgan fingerprint density at radius 2 is 1.76 bits per heavy atom. The van der Waals surface area contributed by atoms with Crippen molar-refractivity contribution in [2.75, 3.05) is 26.8 Å². The second-order valence-corrected chi connectivity index (χ2v) is 4.36. The minimum absolute atomic E-state index is 0.185. The SMILES string of the molecule is COCCCCCNC(=O)CCCCCCN. The zero-order valence-electron chi connectivity index (χ0n) is 11.2. The van der Waals surface area contributed by atoms with Gasteiger partial charge in [-0.2, -0.15) is 0 Å². The Balaban J connectivity index is 3.12. The highest BCUT2D eigenvalue weighted by Gasteiger charge is 1.99. The van der Waals surface area contributed by atoms with E-state index in [-0.39, 0.29) is 5.91 Å². The average Bonchev–Trinajstić information content (AvgIpc) is 2.33. The van der Waals surface area contributed by atoms with Gasteiger partial charge in [0.25, 0.3) is 0 Å². The lowest BCUT2D eigenvalue weighted by Crippen LogP contribution is -2.24. The third-order valence-corrected chi connectivity index (χ3v) is 2.71. The molecule has 4 heteroatoms. The lowest BCUT2D eigenvalue weighted by Gasteiger charge is -2.05. The zero-order chi connectivity index (χ0) is 12.8. The molecule has 0 aromatic carbocycles. The lowest BCUT2D eigenvalue weighted by atomic mass is 10.1. The molecule has 0 atom stereocenters. The molecule has 0 rings (SSSR count). The van der Waals surface area contributed by atoms with Crippen LogP contribution in [0.3, 0.4) is 0 Å². The molecule has 0 aromatic heterocycles. The van der Waals surface area contributed by atoms with Crippen LogP contribution < -0.4 is 11.1 Å². The molecule has 0 saturated carbocycles. The highest BCUT2D eigenvalue weighted by Crippen LogP contribution is 2.02. The van der Waals surface area contributed by atoms with E-state index in [1.165, 1.54) is 0 Å². The van der Waals surface area contributed by atoms with E-state index in [1.807, 2.05) is 0 Å². The van der Waals surface area contributed by atoms with Crippen LogP contribution in [0.1, 0.15) is 51.4 Å². The summed E-state index contributed by atoms with van der Waals surface area (Å²) in [7, 11) is 1.71. The highest BCUT2D eigenvalue weighted by molar-refractivity contribution is 5.75. The number of methoxy groups -OCH3 is 1. The van der Waals surface area contributed by atoms with Gasteiger partial charge in [-0.3, -0.25) is 4.79 Å². The summed E-state index contributed by atoms with van der Waals surface area (Å²) in [6.07, 6.45) is 8.19. The van der Waals surface area contributed by atoms with Crippen LogP contribution in [0.25, 0.3) is 0 Å². The minimum Gasteiger partial charge on any atom is -0.385 e. The molecule has 0 radical (unpaired) electrons. The number of carbonyl (C=O) groups is 1. The first kappa shape index (κ1) is 16.4. The zero-order valence-corrected chi connectivity index (χ0v) is 11.2. The Bertz CT molecular complexity index is 175. The van der Waals surface area contributed by atoms with Crippen molar-refractivity contribution < 1.29 is 9.53 Å². The first-order chi connectivity index (χ1) is 8.31. The Kier molecular flexibility index (Phi) is 13.0. The van der Waals surface area contributed by atoms with Crippen molar-refractivity contribution >= 4 is 5.91 Å². The smallest absolute Gasteiger partial charge is 0.219 e. The molecule has 0 saturated heterocycles. The van der Waals surface area contributed by atoms with Crippen LogP contribution in [0.4, 0.5) is 0 Å². The largest absolute Gasteiger partial charge is 0.385 e. The highest BCUT2D eigenvalue weighted by atomic mass is 16.5. The number of carbonyl (C=O) groups excluding carboxylic acids is 1. The average molecular weight is 244 g/mol. The van der Waals surface area contributed by atoms with Crippen molar-refractivity contribution in [1.29, 1.82) is 0 Å². The number of rotatable bonds is 12. The van der Waals surface area contributed by atoms with E-state index in [2.05, 4.69) is 5.32 Å². The van der Waals surface area contributed by atoms with Gasteiger partial charge in [0, 0.05) is 26.7 Å². The second kappa shape index (κ2) is 13.5. The van der Waals surface area contributed by atoms with Crippen molar-refractivity contribution in [3.63, 3.8) is 0 Å². The quantitative estimate of drug-likeness (QED) is 0.515. The molecule has 4 nitrogen and oxygen atoms in total. The Hall–Kier alpha value is -0.610. The van der Waals surface area contributed by atoms with E-state index in [1.54, 1.807) is 7.11 Å². The second-order valence-electron chi connectivity index (χ2n) is 4.36. The fraction of sp³-hybridized carbons (Fsp3) is 0.923. The topological polar surface area (TPSA) is 64.3 Å². The van der Waals surface area contributed by atoms with E-state index >= 15 is 0 Å². The maximum absolute atomic E-state index is 11.4. The van der Waals surface area contributed by atoms with Gasteiger partial charge in [0.2, 0.25) is 5.91 Å². The number of nitrogens with one attached hydrogen (secondary N) is 1. The van der Waals surface area contributed by atoms with Gasteiger partial charge in [0.1, 0.15) is 0 Å². The number of hydrogen-bond donors (Lipinski definition) is 2. The fourth-order valence-corrected chi connectivity index (χ4v) is 1.65. The molecule has 3 N–H and O–H groups in total. The molecule has 1 amide bonds. The summed E-state index contributed by atoms with van der Waals surface area (Å²) in [6, 6.07) is 0. The first-order valence-electron chi connectivity index (χ1n) is 6.77. The Morgan fingerprint density at radius 3 is 2.47 bits per heavy atom. The van der Waals surface area contributed by atoms with Crippen LogP contribution in [-0.2, 0) is 9.53 Å². The number of nitrogens with two attached hydrogens (primary N) is 1. The van der Waals surface area contributed by atoms with E-state index in [0.717, 1.165) is 64.6 Å². The van der Waals surface area contributed by atoms with Crippen LogP contribution in [0.5, 0.6) is 0 Å². The van der Waals surface area contributed by atoms with Crippen LogP contribution in [0, 0.1) is 0 Å². The predicted octanol–water partition coefficient (Wildman–Crippen LogP) is 1.83. The normalized spacial score (nSPS) is 10.5. The maximum atomic E-state index is 11.4. The van der Waals surface area contributed by atoms with E-state index in [9.17, 15) is 4.79 Å². The van der Waals surface area contributed by atoms with E-state index < -0.39 is 0 Å². The van der Waals surface area contributed by atoms with Crippen LogP contribution >= 0.6 is 0 Å². The van der Waals surface area contributed by atoms with Gasteiger partial charge in [-0.05, 0) is 38.6 Å². The number of amides is 1. The number of ether oxygens (including phenoxy) is 1. The first-order valence-corrected chi connectivity index (χ1v) is 6.77. The van der Waals surface area contributed by atoms with Crippen LogP contribution in [0.15, 0.2) is 0 Å². The molecule has 0 unspecified atom stereocenters. The molecule has 0 aliphatic heterocycles. The molecule has 0 bridgehead atoms. The maximum Gasteiger partial charge on any atom is 0.219 e. The lowest BCUT2D eigenvalue weighted by molar-refractivity contribution is -0.121. The third-order valence-electron chi connectivity index (χ3n) is 2.71. The molecular weight excluding hydrogens is 216 g/mol. The van der Waals surface area contributed by atoms with Crippen molar-refractivity contribution in [1.82, 2.24) is 5.32 Å². The van der Waals surface area contributed by atoms with Crippen LogP contribution in [0.2, 0.25) is 0 Å². The summed E-state index contributed by atoms with van der Waals surface area (Å²) < 4.78 is 4.96. The Labute approximate surface area is 105 Å². The molecular formula is C13H28N2O2. The molecule has 0 fully saturated rings. The summed E-state index contributed by atoms with van der Waals surface area (Å²) in [5, 5.41) is 2.95. The summed E-state index contributed by atoms with van der Waals surface area (Å²) in [5.74, 6) is 0.185. The fourth-order valence-electron chi connectivity index (χ4n) is 1.65. The van der Waals surface area contributed by atoms with Crippen molar-refractivity contribution in [2.45, 2.75) is 51.4 Å². The number of unbranched alkanes of at least 4 members (excludes halogenated alkanes) is 5. The summed E-state index contributed by atoms with van der Waals surface area (Å²) in [6.45, 7) is 2.37. The summed E-state index contributed by atoms with van der Waals surface area (Å²) in [4.78, 5) is 11.4. The van der Waals surface area contributed by atoms with Gasteiger partial charge in [-0.1, -0.05) is 12.8 Å². The number of hydrogen-bond acceptors (Lipinski definition) is 3. The van der Waals surface area contributed by atoms with Gasteiger partial charge in [0.05, 0.1) is 0 Å². The molecule has 102 valence electrons. The molecule has 0 aromatic rings. The van der Waals surface area contributed by atoms with Crippen molar-refractivity contribution in [3.05, 3.63) is 0 Å². The van der Waals surface area contributed by atoms with Crippen LogP contribution in [-0.4, -0.2) is 32.7 Å². The monoisotopic (exact) mass is 244 g/mol. The van der Waals surface area contributed by atoms with E-state index in [4.69, 9.17) is 10.5 Å². The van der Waals surface area contributed by atoms with Crippen molar-refractivity contribution in [3.8, 4) is 0 Å².